The number of carbonyl (C=O) groups is 2. The van der Waals surface area contributed by atoms with Gasteiger partial charge >= 0.3 is 0 Å². The smallest absolute Gasteiger partial charge is 0.257 e. The summed E-state index contributed by atoms with van der Waals surface area (Å²) in [6, 6.07) is 24.4. The molecule has 0 spiro atoms. The van der Waals surface area contributed by atoms with E-state index in [0.29, 0.717) is 22.4 Å². The highest BCUT2D eigenvalue weighted by Gasteiger charge is 2.12. The van der Waals surface area contributed by atoms with Gasteiger partial charge in [0.05, 0.1) is 17.5 Å². The highest BCUT2D eigenvalue weighted by molar-refractivity contribution is 9.10. The number of carbonyl (C=O) groups excluding carboxylic acids is 2. The van der Waals surface area contributed by atoms with Gasteiger partial charge in [-0.2, -0.15) is 0 Å². The number of thiocarbonyl (C=S) groups is 1. The van der Waals surface area contributed by atoms with Crippen LogP contribution in [0.15, 0.2) is 83.3 Å². The molecule has 0 aromatic heterocycles. The molecule has 3 N–H and O–H groups in total. The zero-order valence-electron chi connectivity index (χ0n) is 17.1. The Kier molecular flexibility index (Phi) is 8.77. The van der Waals surface area contributed by atoms with Gasteiger partial charge in [-0.3, -0.25) is 25.8 Å². The van der Waals surface area contributed by atoms with Crippen LogP contribution >= 0.6 is 28.1 Å². The average Bonchev–Trinajstić information content (AvgIpc) is 2.80. The van der Waals surface area contributed by atoms with E-state index in [4.69, 9.17) is 17.0 Å². The van der Waals surface area contributed by atoms with Gasteiger partial charge < -0.3 is 4.74 Å². The summed E-state index contributed by atoms with van der Waals surface area (Å²) in [6.45, 7) is 0.519. The highest BCUT2D eigenvalue weighted by Crippen LogP contribution is 2.26. The highest BCUT2D eigenvalue weighted by atomic mass is 79.9. The molecule has 0 heterocycles. The van der Waals surface area contributed by atoms with E-state index >= 15 is 0 Å². The fourth-order valence-corrected chi connectivity index (χ4v) is 3.48. The van der Waals surface area contributed by atoms with Crippen molar-refractivity contribution in [2.24, 2.45) is 0 Å². The van der Waals surface area contributed by atoms with Gasteiger partial charge in [0, 0.05) is 12.0 Å². The summed E-state index contributed by atoms with van der Waals surface area (Å²) in [5, 5.41) is 2.53. The van der Waals surface area contributed by atoms with Gasteiger partial charge in [0.25, 0.3) is 5.91 Å². The van der Waals surface area contributed by atoms with Gasteiger partial charge in [-0.1, -0.05) is 60.7 Å². The second kappa shape index (κ2) is 12.0. The second-order valence-electron chi connectivity index (χ2n) is 6.85. The molecule has 6 nitrogen and oxygen atoms in total. The average molecular weight is 512 g/mol. The van der Waals surface area contributed by atoms with Crippen LogP contribution in [0.1, 0.15) is 21.5 Å². The molecule has 0 bridgehead atoms. The molecule has 0 aliphatic carbocycles. The molecule has 3 rings (SSSR count). The van der Waals surface area contributed by atoms with Crippen LogP contribution in [0.5, 0.6) is 5.75 Å². The molecule has 8 heteroatoms. The van der Waals surface area contributed by atoms with Crippen molar-refractivity contribution in [3.63, 3.8) is 0 Å². The zero-order chi connectivity index (χ0) is 22.8. The van der Waals surface area contributed by atoms with Gasteiger partial charge in [-0.15, -0.1) is 0 Å². The third-order valence-electron chi connectivity index (χ3n) is 4.44. The Morgan fingerprint density at radius 3 is 2.19 bits per heavy atom. The summed E-state index contributed by atoms with van der Waals surface area (Å²) >= 11 is 8.52. The molecular formula is C24H22BrN3O3S. The summed E-state index contributed by atoms with van der Waals surface area (Å²) in [7, 11) is 0. The molecule has 0 unspecified atom stereocenters. The largest absolute Gasteiger partial charge is 0.492 e. The summed E-state index contributed by atoms with van der Waals surface area (Å²) in [5.74, 6) is -0.0322. The van der Waals surface area contributed by atoms with Crippen LogP contribution in [0.2, 0.25) is 0 Å². The number of nitrogens with one attached hydrogen (secondary N) is 3. The monoisotopic (exact) mass is 511 g/mol. The van der Waals surface area contributed by atoms with Crippen molar-refractivity contribution in [2.75, 3.05) is 6.61 Å². The first-order valence-corrected chi connectivity index (χ1v) is 11.1. The van der Waals surface area contributed by atoms with Crippen molar-refractivity contribution in [3.8, 4) is 5.75 Å². The Labute approximate surface area is 200 Å². The van der Waals surface area contributed by atoms with E-state index < -0.39 is 5.91 Å². The Morgan fingerprint density at radius 2 is 1.53 bits per heavy atom. The van der Waals surface area contributed by atoms with Crippen LogP contribution in [-0.2, 0) is 17.6 Å². The maximum Gasteiger partial charge on any atom is 0.257 e. The van der Waals surface area contributed by atoms with Crippen LogP contribution in [0, 0.1) is 0 Å². The van der Waals surface area contributed by atoms with Crippen molar-refractivity contribution in [1.82, 2.24) is 16.2 Å². The molecule has 3 aromatic carbocycles. The first-order valence-electron chi connectivity index (χ1n) is 9.91. The molecule has 0 atom stereocenters. The zero-order valence-corrected chi connectivity index (χ0v) is 19.5. The number of amides is 2. The van der Waals surface area contributed by atoms with Gasteiger partial charge in [-0.05, 0) is 57.5 Å². The summed E-state index contributed by atoms with van der Waals surface area (Å²) < 4.78 is 6.47. The van der Waals surface area contributed by atoms with Crippen LogP contribution in [-0.4, -0.2) is 23.5 Å². The molecule has 0 aliphatic heterocycles. The molecule has 0 radical (unpaired) electrons. The lowest BCUT2D eigenvalue weighted by molar-refractivity contribution is -0.121. The Bertz CT molecular complexity index is 1080. The lowest BCUT2D eigenvalue weighted by Crippen LogP contribution is -2.48. The normalized spacial score (nSPS) is 10.2. The first-order chi connectivity index (χ1) is 15.5. The lowest BCUT2D eigenvalue weighted by Gasteiger charge is -2.12. The van der Waals surface area contributed by atoms with Crippen molar-refractivity contribution in [1.29, 1.82) is 0 Å². The molecule has 3 aromatic rings. The Balaban J connectivity index is 1.44. The quantitative estimate of drug-likeness (QED) is 0.330. The SMILES string of the molecule is O=C(Cc1ccccc1)NNC(=S)NC(=O)c1ccc(OCCc2ccccc2)c(Br)c1. The summed E-state index contributed by atoms with van der Waals surface area (Å²) in [5.41, 5.74) is 7.47. The van der Waals surface area contributed by atoms with E-state index in [2.05, 4.69) is 32.1 Å². The van der Waals surface area contributed by atoms with E-state index in [1.165, 1.54) is 5.56 Å². The number of ether oxygens (including phenoxy) is 1. The fraction of sp³-hybridized carbons (Fsp3) is 0.125. The molecular weight excluding hydrogens is 490 g/mol. The van der Waals surface area contributed by atoms with Crippen molar-refractivity contribution in [2.45, 2.75) is 12.8 Å². The molecule has 164 valence electrons. The van der Waals surface area contributed by atoms with Crippen molar-refractivity contribution < 1.29 is 14.3 Å². The van der Waals surface area contributed by atoms with Crippen molar-refractivity contribution in [3.05, 3.63) is 100 Å². The number of rotatable bonds is 7. The maximum atomic E-state index is 12.4. The van der Waals surface area contributed by atoms with E-state index in [9.17, 15) is 9.59 Å². The number of hydrazine groups is 1. The molecule has 2 amide bonds. The lowest BCUT2D eigenvalue weighted by atomic mass is 10.1. The molecule has 0 saturated heterocycles. The maximum absolute atomic E-state index is 12.4. The van der Waals surface area contributed by atoms with Crippen molar-refractivity contribution >= 4 is 45.1 Å². The molecule has 0 fully saturated rings. The fourth-order valence-electron chi connectivity index (χ4n) is 2.84. The predicted octanol–water partition coefficient (Wildman–Crippen LogP) is 3.95. The van der Waals surface area contributed by atoms with Gasteiger partial charge in [0.15, 0.2) is 5.11 Å². The van der Waals surface area contributed by atoms with Crippen LogP contribution in [0.3, 0.4) is 0 Å². The van der Waals surface area contributed by atoms with Crippen LogP contribution in [0.25, 0.3) is 0 Å². The minimum Gasteiger partial charge on any atom is -0.492 e. The second-order valence-corrected chi connectivity index (χ2v) is 8.11. The Hall–Kier alpha value is -3.23. The van der Waals surface area contributed by atoms with E-state index in [0.717, 1.165) is 12.0 Å². The third-order valence-corrected chi connectivity index (χ3v) is 5.26. The van der Waals surface area contributed by atoms with E-state index in [1.54, 1.807) is 18.2 Å². The Morgan fingerprint density at radius 1 is 0.875 bits per heavy atom. The first kappa shape index (κ1) is 23.4. The van der Waals surface area contributed by atoms with Crippen LogP contribution < -0.4 is 20.9 Å². The standard InChI is InChI=1S/C24H22BrN3O3S/c25-20-16-19(11-12-21(20)31-14-13-17-7-3-1-4-8-17)23(30)26-24(32)28-27-22(29)15-18-9-5-2-6-10-18/h1-12,16H,13-15H2,(H,27,29)(H2,26,28,30,32). The predicted molar refractivity (Wildman–Crippen MR) is 131 cm³/mol. The topological polar surface area (TPSA) is 79.5 Å². The number of benzene rings is 3. The number of hydrogen-bond donors (Lipinski definition) is 3. The van der Waals surface area contributed by atoms with E-state index in [-0.39, 0.29) is 17.4 Å². The number of halogens is 1. The molecule has 0 saturated carbocycles. The van der Waals surface area contributed by atoms with Gasteiger partial charge in [0.2, 0.25) is 5.91 Å². The summed E-state index contributed by atoms with van der Waals surface area (Å²) in [4.78, 5) is 24.4. The molecule has 32 heavy (non-hydrogen) atoms. The van der Waals surface area contributed by atoms with Gasteiger partial charge in [-0.25, -0.2) is 0 Å². The van der Waals surface area contributed by atoms with E-state index in [1.807, 2.05) is 60.7 Å². The number of hydrogen-bond acceptors (Lipinski definition) is 4. The van der Waals surface area contributed by atoms with Gasteiger partial charge in [0.1, 0.15) is 5.75 Å². The third kappa shape index (κ3) is 7.47. The minimum absolute atomic E-state index is 0.00396. The molecule has 0 aliphatic rings. The minimum atomic E-state index is -0.406. The van der Waals surface area contributed by atoms with Crippen LogP contribution in [0.4, 0.5) is 0 Å². The summed E-state index contributed by atoms with van der Waals surface area (Å²) in [6.07, 6.45) is 0.981.